The number of nitrogens with two attached hydrogens (primary N) is 1. The van der Waals surface area contributed by atoms with Crippen molar-refractivity contribution in [2.24, 2.45) is 5.84 Å². The Hall–Kier alpha value is -2.34. The first-order valence-electron chi connectivity index (χ1n) is 6.49. The summed E-state index contributed by atoms with van der Waals surface area (Å²) in [6, 6.07) is 5.22. The molecule has 0 unspecified atom stereocenters. The van der Waals surface area contributed by atoms with Gasteiger partial charge >= 0.3 is 0 Å². The van der Waals surface area contributed by atoms with Crippen LogP contribution < -0.4 is 16.6 Å². The number of carbonyl (C=O) groups is 1. The molecule has 20 heavy (non-hydrogen) atoms. The van der Waals surface area contributed by atoms with Gasteiger partial charge in [0.1, 0.15) is 5.82 Å². The maximum absolute atomic E-state index is 12.1. The predicted octanol–water partition coefficient (Wildman–Crippen LogP) is 1.84. The molecule has 6 heteroatoms. The molecule has 0 aliphatic heterocycles. The van der Waals surface area contributed by atoms with Crippen LogP contribution in [0.2, 0.25) is 0 Å². The van der Waals surface area contributed by atoms with Gasteiger partial charge in [0.25, 0.3) is 5.91 Å². The standard InChI is InChI=1S/C14H18N4O2/c1-2-3-12-6-11(7-13(17-12)18-15)14(19)16-8-10-4-5-20-9-10/h4-7,9H,2-3,8,15H2,1H3,(H,16,19)(H,17,18). The Morgan fingerprint density at radius 1 is 1.45 bits per heavy atom. The zero-order chi connectivity index (χ0) is 14.4. The first-order chi connectivity index (χ1) is 9.72. The number of nitrogens with one attached hydrogen (secondary N) is 2. The summed E-state index contributed by atoms with van der Waals surface area (Å²) in [4.78, 5) is 16.4. The smallest absolute Gasteiger partial charge is 0.251 e. The van der Waals surface area contributed by atoms with Gasteiger partial charge < -0.3 is 15.2 Å². The van der Waals surface area contributed by atoms with Crippen LogP contribution in [0.1, 0.15) is 35.0 Å². The van der Waals surface area contributed by atoms with Crippen molar-refractivity contribution in [1.82, 2.24) is 10.3 Å². The van der Waals surface area contributed by atoms with Gasteiger partial charge in [-0.15, -0.1) is 0 Å². The van der Waals surface area contributed by atoms with Crippen molar-refractivity contribution >= 4 is 11.7 Å². The summed E-state index contributed by atoms with van der Waals surface area (Å²) in [7, 11) is 0. The first-order valence-corrected chi connectivity index (χ1v) is 6.49. The summed E-state index contributed by atoms with van der Waals surface area (Å²) in [5.74, 6) is 5.70. The van der Waals surface area contributed by atoms with Gasteiger partial charge in [-0.2, -0.15) is 0 Å². The van der Waals surface area contributed by atoms with Gasteiger partial charge in [-0.25, -0.2) is 10.8 Å². The molecule has 4 N–H and O–H groups in total. The highest BCUT2D eigenvalue weighted by Gasteiger charge is 2.09. The van der Waals surface area contributed by atoms with Crippen LogP contribution in [0.4, 0.5) is 5.82 Å². The summed E-state index contributed by atoms with van der Waals surface area (Å²) in [5.41, 5.74) is 4.79. The van der Waals surface area contributed by atoms with Gasteiger partial charge in [0, 0.05) is 23.4 Å². The molecule has 0 aromatic carbocycles. The van der Waals surface area contributed by atoms with Crippen molar-refractivity contribution in [2.45, 2.75) is 26.3 Å². The fourth-order valence-electron chi connectivity index (χ4n) is 1.85. The maximum atomic E-state index is 12.1. The molecule has 2 aromatic heterocycles. The molecule has 0 bridgehead atoms. The topological polar surface area (TPSA) is 93.2 Å². The van der Waals surface area contributed by atoms with Crippen LogP contribution in [0.3, 0.4) is 0 Å². The Kier molecular flexibility index (Phi) is 4.73. The average Bonchev–Trinajstić information content (AvgIpc) is 2.98. The number of nitrogen functional groups attached to an aromatic ring is 1. The van der Waals surface area contributed by atoms with Crippen LogP contribution in [-0.4, -0.2) is 10.9 Å². The van der Waals surface area contributed by atoms with Gasteiger partial charge in [0.05, 0.1) is 12.5 Å². The Balaban J connectivity index is 2.09. The maximum Gasteiger partial charge on any atom is 0.251 e. The Morgan fingerprint density at radius 3 is 2.95 bits per heavy atom. The van der Waals surface area contributed by atoms with E-state index >= 15 is 0 Å². The minimum absolute atomic E-state index is 0.164. The van der Waals surface area contributed by atoms with E-state index < -0.39 is 0 Å². The molecule has 0 fully saturated rings. The number of anilines is 1. The normalized spacial score (nSPS) is 10.3. The van der Waals surface area contributed by atoms with Crippen LogP contribution in [0.5, 0.6) is 0 Å². The zero-order valence-electron chi connectivity index (χ0n) is 11.3. The molecule has 1 amide bonds. The van der Waals surface area contributed by atoms with E-state index in [1.54, 1.807) is 24.7 Å². The van der Waals surface area contributed by atoms with Gasteiger partial charge in [-0.1, -0.05) is 13.3 Å². The molecule has 0 radical (unpaired) electrons. The molecule has 2 aromatic rings. The Bertz CT molecular complexity index is 567. The van der Waals surface area contributed by atoms with Crippen LogP contribution >= 0.6 is 0 Å². The molecule has 2 rings (SSSR count). The SMILES string of the molecule is CCCc1cc(C(=O)NCc2ccoc2)cc(NN)n1. The monoisotopic (exact) mass is 274 g/mol. The third-order valence-electron chi connectivity index (χ3n) is 2.83. The van der Waals surface area contributed by atoms with E-state index in [0.717, 1.165) is 24.1 Å². The highest BCUT2D eigenvalue weighted by molar-refractivity contribution is 5.94. The second kappa shape index (κ2) is 6.72. The quantitative estimate of drug-likeness (QED) is 0.552. The molecule has 0 saturated heterocycles. The molecule has 0 saturated carbocycles. The number of hydrazine groups is 1. The number of furan rings is 1. The number of pyridine rings is 1. The van der Waals surface area contributed by atoms with Crippen molar-refractivity contribution in [3.8, 4) is 0 Å². The molecular weight excluding hydrogens is 256 g/mol. The summed E-state index contributed by atoms with van der Waals surface area (Å²) >= 11 is 0. The molecule has 2 heterocycles. The van der Waals surface area contributed by atoms with E-state index in [0.29, 0.717) is 17.9 Å². The van der Waals surface area contributed by atoms with Crippen molar-refractivity contribution < 1.29 is 9.21 Å². The van der Waals surface area contributed by atoms with E-state index in [9.17, 15) is 4.79 Å². The lowest BCUT2D eigenvalue weighted by molar-refractivity contribution is 0.0950. The van der Waals surface area contributed by atoms with Gasteiger partial charge in [0.15, 0.2) is 0 Å². The minimum atomic E-state index is -0.164. The number of carbonyl (C=O) groups excluding carboxylic acids is 1. The van der Waals surface area contributed by atoms with Crippen molar-refractivity contribution in [3.05, 3.63) is 47.5 Å². The largest absolute Gasteiger partial charge is 0.472 e. The van der Waals surface area contributed by atoms with Crippen LogP contribution in [0.25, 0.3) is 0 Å². The summed E-state index contributed by atoms with van der Waals surface area (Å²) < 4.78 is 4.95. The van der Waals surface area contributed by atoms with E-state index in [4.69, 9.17) is 10.3 Å². The molecule has 6 nitrogen and oxygen atoms in total. The van der Waals surface area contributed by atoms with E-state index in [2.05, 4.69) is 22.7 Å². The lowest BCUT2D eigenvalue weighted by Crippen LogP contribution is -2.23. The summed E-state index contributed by atoms with van der Waals surface area (Å²) in [6.45, 7) is 2.48. The fourth-order valence-corrected chi connectivity index (χ4v) is 1.85. The van der Waals surface area contributed by atoms with E-state index in [1.807, 2.05) is 6.07 Å². The molecule has 0 aliphatic rings. The number of hydrogen-bond donors (Lipinski definition) is 3. The first kappa shape index (κ1) is 14.1. The number of nitrogens with zero attached hydrogens (tertiary/aromatic N) is 1. The highest BCUT2D eigenvalue weighted by Crippen LogP contribution is 2.12. The second-order valence-electron chi connectivity index (χ2n) is 4.44. The highest BCUT2D eigenvalue weighted by atomic mass is 16.3. The minimum Gasteiger partial charge on any atom is -0.472 e. The van der Waals surface area contributed by atoms with Crippen molar-refractivity contribution in [1.29, 1.82) is 0 Å². The number of aromatic nitrogens is 1. The third kappa shape index (κ3) is 3.58. The van der Waals surface area contributed by atoms with Gasteiger partial charge in [-0.3, -0.25) is 4.79 Å². The number of rotatable bonds is 6. The third-order valence-corrected chi connectivity index (χ3v) is 2.83. The zero-order valence-corrected chi connectivity index (χ0v) is 11.3. The summed E-state index contributed by atoms with van der Waals surface area (Å²) in [6.07, 6.45) is 4.93. The molecular formula is C14H18N4O2. The molecule has 0 atom stereocenters. The number of aryl methyl sites for hydroxylation is 1. The van der Waals surface area contributed by atoms with Crippen molar-refractivity contribution in [2.75, 3.05) is 5.43 Å². The van der Waals surface area contributed by atoms with E-state index in [1.165, 1.54) is 0 Å². The van der Waals surface area contributed by atoms with Crippen LogP contribution in [-0.2, 0) is 13.0 Å². The van der Waals surface area contributed by atoms with Gasteiger partial charge in [-0.05, 0) is 24.6 Å². The average molecular weight is 274 g/mol. The van der Waals surface area contributed by atoms with Crippen molar-refractivity contribution in [3.63, 3.8) is 0 Å². The molecule has 106 valence electrons. The van der Waals surface area contributed by atoms with Crippen LogP contribution in [0.15, 0.2) is 35.1 Å². The predicted molar refractivity (Wildman–Crippen MR) is 75.9 cm³/mol. The lowest BCUT2D eigenvalue weighted by Gasteiger charge is -2.08. The Morgan fingerprint density at radius 2 is 2.30 bits per heavy atom. The fraction of sp³-hybridized carbons (Fsp3) is 0.286. The Labute approximate surface area is 117 Å². The summed E-state index contributed by atoms with van der Waals surface area (Å²) in [5, 5.41) is 2.83. The molecule has 0 spiro atoms. The lowest BCUT2D eigenvalue weighted by atomic mass is 10.1. The van der Waals surface area contributed by atoms with E-state index in [-0.39, 0.29) is 5.91 Å². The number of hydrogen-bond acceptors (Lipinski definition) is 5. The van der Waals surface area contributed by atoms with Gasteiger partial charge in [0.2, 0.25) is 0 Å². The second-order valence-corrected chi connectivity index (χ2v) is 4.44. The number of amides is 1. The van der Waals surface area contributed by atoms with Crippen LogP contribution in [0, 0.1) is 0 Å². The molecule has 0 aliphatic carbocycles.